The molecule has 1 spiro atoms. The largest absolute Gasteiger partial charge is 0.349 e. The molecule has 0 aromatic carbocycles. The molecule has 2 aliphatic rings. The summed E-state index contributed by atoms with van der Waals surface area (Å²) in [6, 6.07) is -0.344. The van der Waals surface area contributed by atoms with Crippen molar-refractivity contribution in [2.75, 3.05) is 20.6 Å². The lowest BCUT2D eigenvalue weighted by atomic mass is 9.88. The second-order valence-corrected chi connectivity index (χ2v) is 5.89. The Morgan fingerprint density at radius 2 is 1.80 bits per heavy atom. The molecule has 0 aromatic rings. The van der Waals surface area contributed by atoms with E-state index in [0.717, 1.165) is 25.7 Å². The Bertz CT molecular complexity index is 412. The van der Waals surface area contributed by atoms with E-state index in [1.165, 1.54) is 4.90 Å². The van der Waals surface area contributed by atoms with E-state index in [4.69, 9.17) is 0 Å². The van der Waals surface area contributed by atoms with Crippen LogP contribution in [0.25, 0.3) is 0 Å². The summed E-state index contributed by atoms with van der Waals surface area (Å²) in [6.45, 7) is 0.314. The van der Waals surface area contributed by atoms with Gasteiger partial charge in [-0.15, -0.1) is 0 Å². The standard InChI is InChI=1S/C14H23N3O3/c1-16(2)11(18)7-10-17-13(20)15-12(19)14(17)8-5-3-4-6-9-14/h3-10H2,1-2H3,(H,15,19,20). The minimum Gasteiger partial charge on any atom is -0.349 e. The molecule has 1 saturated carbocycles. The molecule has 4 amide bonds. The maximum atomic E-state index is 12.2. The summed E-state index contributed by atoms with van der Waals surface area (Å²) in [7, 11) is 3.39. The number of carbonyl (C=O) groups is 3. The maximum absolute atomic E-state index is 12.2. The van der Waals surface area contributed by atoms with Crippen molar-refractivity contribution in [3.8, 4) is 0 Å². The van der Waals surface area contributed by atoms with Crippen molar-refractivity contribution in [2.24, 2.45) is 0 Å². The SMILES string of the molecule is CN(C)C(=O)CCN1C(=O)NC(=O)C12CCCCCC2. The predicted molar refractivity (Wildman–Crippen MR) is 74.0 cm³/mol. The van der Waals surface area contributed by atoms with Crippen LogP contribution in [0.1, 0.15) is 44.9 Å². The highest BCUT2D eigenvalue weighted by Gasteiger charge is 2.52. The molecule has 1 saturated heterocycles. The van der Waals surface area contributed by atoms with Gasteiger partial charge in [0.15, 0.2) is 0 Å². The molecule has 1 N–H and O–H groups in total. The van der Waals surface area contributed by atoms with Gasteiger partial charge in [0.1, 0.15) is 5.54 Å². The maximum Gasteiger partial charge on any atom is 0.325 e. The van der Waals surface area contributed by atoms with E-state index in [9.17, 15) is 14.4 Å². The molecule has 1 aliphatic carbocycles. The normalized spacial score (nSPS) is 21.8. The second-order valence-electron chi connectivity index (χ2n) is 5.89. The molecule has 2 rings (SSSR count). The van der Waals surface area contributed by atoms with Gasteiger partial charge >= 0.3 is 6.03 Å². The number of rotatable bonds is 3. The van der Waals surface area contributed by atoms with Crippen molar-refractivity contribution in [3.05, 3.63) is 0 Å². The molecule has 0 radical (unpaired) electrons. The quantitative estimate of drug-likeness (QED) is 0.788. The lowest BCUT2D eigenvalue weighted by Crippen LogP contribution is -2.50. The zero-order chi connectivity index (χ0) is 14.8. The average molecular weight is 281 g/mol. The summed E-state index contributed by atoms with van der Waals surface area (Å²) in [5.41, 5.74) is -0.708. The first kappa shape index (κ1) is 14.8. The molecule has 6 nitrogen and oxygen atoms in total. The van der Waals surface area contributed by atoms with Crippen molar-refractivity contribution in [1.82, 2.24) is 15.1 Å². The molecule has 112 valence electrons. The molecule has 6 heteroatoms. The molecule has 0 unspecified atom stereocenters. The van der Waals surface area contributed by atoms with Gasteiger partial charge in [-0.3, -0.25) is 14.9 Å². The highest BCUT2D eigenvalue weighted by Crippen LogP contribution is 2.36. The van der Waals surface area contributed by atoms with Crippen LogP contribution in [0.4, 0.5) is 4.79 Å². The molecule has 0 atom stereocenters. The van der Waals surface area contributed by atoms with Gasteiger partial charge in [-0.05, 0) is 12.8 Å². The summed E-state index contributed by atoms with van der Waals surface area (Å²) in [5, 5.41) is 2.43. The number of hydrogen-bond donors (Lipinski definition) is 1. The van der Waals surface area contributed by atoms with E-state index in [1.54, 1.807) is 19.0 Å². The highest BCUT2D eigenvalue weighted by atomic mass is 16.2. The van der Waals surface area contributed by atoms with Crippen molar-refractivity contribution in [3.63, 3.8) is 0 Å². The van der Waals surface area contributed by atoms with Crippen molar-refractivity contribution in [2.45, 2.75) is 50.5 Å². The first-order valence-electron chi connectivity index (χ1n) is 7.30. The number of carbonyl (C=O) groups excluding carboxylic acids is 3. The number of nitrogens with one attached hydrogen (secondary N) is 1. The Hall–Kier alpha value is -1.59. The summed E-state index contributed by atoms with van der Waals surface area (Å²) in [5.74, 6) is -0.206. The van der Waals surface area contributed by atoms with Crippen LogP contribution in [-0.2, 0) is 9.59 Å². The molecular weight excluding hydrogens is 258 g/mol. The first-order chi connectivity index (χ1) is 9.47. The molecule has 1 aliphatic heterocycles. The number of hydrogen-bond acceptors (Lipinski definition) is 3. The molecule has 20 heavy (non-hydrogen) atoms. The average Bonchev–Trinajstić information content (AvgIpc) is 2.59. The van der Waals surface area contributed by atoms with Crippen LogP contribution < -0.4 is 5.32 Å². The van der Waals surface area contributed by atoms with Crippen LogP contribution in [0.3, 0.4) is 0 Å². The molecular formula is C14H23N3O3. The predicted octanol–water partition coefficient (Wildman–Crippen LogP) is 1.11. The van der Waals surface area contributed by atoms with Gasteiger partial charge < -0.3 is 9.80 Å². The third-order valence-electron chi connectivity index (χ3n) is 4.38. The Kier molecular flexibility index (Phi) is 4.30. The molecule has 2 fully saturated rings. The van der Waals surface area contributed by atoms with Crippen LogP contribution in [0.5, 0.6) is 0 Å². The number of urea groups is 1. The van der Waals surface area contributed by atoms with E-state index in [2.05, 4.69) is 5.32 Å². The zero-order valence-corrected chi connectivity index (χ0v) is 12.3. The van der Waals surface area contributed by atoms with E-state index in [0.29, 0.717) is 19.4 Å². The van der Waals surface area contributed by atoms with Gasteiger partial charge in [-0.2, -0.15) is 0 Å². The third-order valence-corrected chi connectivity index (χ3v) is 4.38. The van der Waals surface area contributed by atoms with Gasteiger partial charge in [-0.1, -0.05) is 25.7 Å². The van der Waals surface area contributed by atoms with Crippen LogP contribution in [0.15, 0.2) is 0 Å². The summed E-state index contributed by atoms with van der Waals surface area (Å²) in [6.07, 6.45) is 5.80. The number of imide groups is 1. The lowest BCUT2D eigenvalue weighted by Gasteiger charge is -2.34. The molecule has 0 aromatic heterocycles. The summed E-state index contributed by atoms with van der Waals surface area (Å²) >= 11 is 0. The Labute approximate surface area is 119 Å². The first-order valence-corrected chi connectivity index (χ1v) is 7.30. The van der Waals surface area contributed by atoms with E-state index in [1.807, 2.05) is 0 Å². The van der Waals surface area contributed by atoms with Crippen LogP contribution >= 0.6 is 0 Å². The molecule has 1 heterocycles. The highest BCUT2D eigenvalue weighted by molar-refractivity contribution is 6.07. The van der Waals surface area contributed by atoms with Crippen LogP contribution in [-0.4, -0.2) is 53.8 Å². The minimum absolute atomic E-state index is 0.0269. The smallest absolute Gasteiger partial charge is 0.325 e. The zero-order valence-electron chi connectivity index (χ0n) is 12.3. The van der Waals surface area contributed by atoms with Gasteiger partial charge in [0.05, 0.1) is 0 Å². The van der Waals surface area contributed by atoms with Gasteiger partial charge in [0.25, 0.3) is 5.91 Å². The van der Waals surface area contributed by atoms with Gasteiger partial charge in [0.2, 0.25) is 5.91 Å². The van der Waals surface area contributed by atoms with E-state index >= 15 is 0 Å². The second kappa shape index (κ2) is 5.81. The monoisotopic (exact) mass is 281 g/mol. The fraction of sp³-hybridized carbons (Fsp3) is 0.786. The Morgan fingerprint density at radius 1 is 1.20 bits per heavy atom. The Morgan fingerprint density at radius 3 is 2.35 bits per heavy atom. The topological polar surface area (TPSA) is 69.7 Å². The number of amides is 4. The minimum atomic E-state index is -0.708. The third kappa shape index (κ3) is 2.64. The van der Waals surface area contributed by atoms with Crippen molar-refractivity contribution < 1.29 is 14.4 Å². The van der Waals surface area contributed by atoms with E-state index in [-0.39, 0.29) is 24.3 Å². The van der Waals surface area contributed by atoms with Gasteiger partial charge in [-0.25, -0.2) is 4.79 Å². The number of nitrogens with zero attached hydrogens (tertiary/aromatic N) is 2. The van der Waals surface area contributed by atoms with E-state index < -0.39 is 5.54 Å². The lowest BCUT2D eigenvalue weighted by molar-refractivity contribution is -0.131. The fourth-order valence-electron chi connectivity index (χ4n) is 3.15. The fourth-order valence-corrected chi connectivity index (χ4v) is 3.15. The van der Waals surface area contributed by atoms with Crippen LogP contribution in [0.2, 0.25) is 0 Å². The summed E-state index contributed by atoms with van der Waals surface area (Å²) in [4.78, 5) is 39.1. The summed E-state index contributed by atoms with van der Waals surface area (Å²) < 4.78 is 0. The Balaban J connectivity index is 2.12. The van der Waals surface area contributed by atoms with Crippen LogP contribution in [0, 0.1) is 0 Å². The van der Waals surface area contributed by atoms with Crippen molar-refractivity contribution in [1.29, 1.82) is 0 Å². The van der Waals surface area contributed by atoms with Gasteiger partial charge in [0, 0.05) is 27.1 Å². The molecule has 0 bridgehead atoms. The van der Waals surface area contributed by atoms with Crippen molar-refractivity contribution >= 4 is 17.8 Å².